The van der Waals surface area contributed by atoms with Crippen molar-refractivity contribution in [3.8, 4) is 0 Å². The number of carbonyl (C=O) groups is 2. The Labute approximate surface area is 135 Å². The van der Waals surface area contributed by atoms with Crippen LogP contribution in [0.4, 0.5) is 8.78 Å². The average molecular weight is 332 g/mol. The third kappa shape index (κ3) is 4.19. The molecule has 23 heavy (non-hydrogen) atoms. The Kier molecular flexibility index (Phi) is 5.60. The first-order chi connectivity index (χ1) is 10.8. The summed E-state index contributed by atoms with van der Waals surface area (Å²) < 4.78 is 28.6. The maximum Gasteiger partial charge on any atom is 0.293 e. The molecule has 0 aromatic carbocycles. The topological polar surface area (TPSA) is 69.6 Å². The van der Waals surface area contributed by atoms with Crippen molar-refractivity contribution in [3.05, 3.63) is 0 Å². The molecule has 0 aromatic heterocycles. The van der Waals surface area contributed by atoms with Crippen LogP contribution in [-0.4, -0.2) is 53.0 Å². The van der Waals surface area contributed by atoms with E-state index in [0.29, 0.717) is 32.2 Å². The Morgan fingerprint density at radius 2 is 1.91 bits per heavy atom. The maximum atomic E-state index is 14.3. The van der Waals surface area contributed by atoms with Gasteiger partial charge in [0.2, 0.25) is 11.8 Å². The van der Waals surface area contributed by atoms with Gasteiger partial charge in [-0.3, -0.25) is 9.59 Å². The zero-order chi connectivity index (χ0) is 17.1. The third-order valence-corrected chi connectivity index (χ3v) is 5.08. The molecule has 0 radical (unpaired) electrons. The number of amides is 2. The molecule has 1 saturated heterocycles. The number of aliphatic hydroxyl groups is 1. The molecule has 2 fully saturated rings. The number of alkyl halides is 2. The number of hydrogen-bond acceptors (Lipinski definition) is 3. The van der Waals surface area contributed by atoms with Gasteiger partial charge in [-0.1, -0.05) is 19.3 Å². The van der Waals surface area contributed by atoms with Gasteiger partial charge in [-0.25, -0.2) is 8.78 Å². The predicted molar refractivity (Wildman–Crippen MR) is 81.0 cm³/mol. The summed E-state index contributed by atoms with van der Waals surface area (Å²) in [6, 6.07) is 0. The summed E-state index contributed by atoms with van der Waals surface area (Å²) in [7, 11) is 0. The number of nitrogens with one attached hydrogen (secondary N) is 1. The Morgan fingerprint density at radius 1 is 1.26 bits per heavy atom. The highest BCUT2D eigenvalue weighted by Gasteiger charge is 2.52. The van der Waals surface area contributed by atoms with Crippen molar-refractivity contribution in [2.45, 2.75) is 63.4 Å². The summed E-state index contributed by atoms with van der Waals surface area (Å²) in [5, 5.41) is 12.5. The van der Waals surface area contributed by atoms with E-state index in [1.165, 1.54) is 6.92 Å². The van der Waals surface area contributed by atoms with Crippen LogP contribution in [-0.2, 0) is 9.59 Å². The van der Waals surface area contributed by atoms with Crippen LogP contribution in [0.25, 0.3) is 0 Å². The van der Waals surface area contributed by atoms with E-state index in [0.717, 1.165) is 6.42 Å². The van der Waals surface area contributed by atoms with Gasteiger partial charge >= 0.3 is 0 Å². The van der Waals surface area contributed by atoms with Crippen molar-refractivity contribution in [2.24, 2.45) is 5.92 Å². The molecule has 2 rings (SSSR count). The number of hydrogen-bond donors (Lipinski definition) is 2. The molecule has 1 heterocycles. The van der Waals surface area contributed by atoms with Crippen LogP contribution in [0.5, 0.6) is 0 Å². The molecule has 132 valence electrons. The molecule has 1 aliphatic carbocycles. The van der Waals surface area contributed by atoms with Crippen LogP contribution >= 0.6 is 0 Å². The molecule has 7 heteroatoms. The lowest BCUT2D eigenvalue weighted by Gasteiger charge is -2.39. The van der Waals surface area contributed by atoms with Crippen LogP contribution in [0.1, 0.15) is 51.9 Å². The van der Waals surface area contributed by atoms with E-state index in [-0.39, 0.29) is 25.3 Å². The summed E-state index contributed by atoms with van der Waals surface area (Å²) in [6.45, 7) is 1.47. The lowest BCUT2D eigenvalue weighted by atomic mass is 9.80. The van der Waals surface area contributed by atoms with Crippen LogP contribution in [0.2, 0.25) is 0 Å². The Bertz CT molecular complexity index is 451. The van der Waals surface area contributed by atoms with Crippen molar-refractivity contribution in [3.63, 3.8) is 0 Å². The zero-order valence-corrected chi connectivity index (χ0v) is 13.6. The molecule has 2 aliphatic rings. The fourth-order valence-electron chi connectivity index (χ4n) is 3.49. The van der Waals surface area contributed by atoms with Crippen LogP contribution in [0, 0.1) is 5.92 Å². The predicted octanol–water partition coefficient (Wildman–Crippen LogP) is 1.69. The van der Waals surface area contributed by atoms with Crippen molar-refractivity contribution in [1.29, 1.82) is 0 Å². The number of rotatable bonds is 4. The highest BCUT2D eigenvalue weighted by molar-refractivity contribution is 5.80. The molecular weight excluding hydrogens is 306 g/mol. The largest absolute Gasteiger partial charge is 0.384 e. The highest BCUT2D eigenvalue weighted by Crippen LogP contribution is 2.40. The van der Waals surface area contributed by atoms with Crippen molar-refractivity contribution >= 4 is 11.8 Å². The monoisotopic (exact) mass is 332 g/mol. The van der Waals surface area contributed by atoms with Gasteiger partial charge in [0.1, 0.15) is 5.60 Å². The van der Waals surface area contributed by atoms with Gasteiger partial charge in [0.25, 0.3) is 5.92 Å². The summed E-state index contributed by atoms with van der Waals surface area (Å²) in [5.41, 5.74) is -2.02. The SMILES string of the molecule is CC(=O)N1CCCC(C(=O)NCC(F)(F)C2(O)CCCCC2)C1. The first-order valence-electron chi connectivity index (χ1n) is 8.39. The molecule has 1 aliphatic heterocycles. The Hall–Kier alpha value is -1.24. The zero-order valence-electron chi connectivity index (χ0n) is 13.6. The molecule has 2 amide bonds. The van der Waals surface area contributed by atoms with Gasteiger partial charge in [0.05, 0.1) is 12.5 Å². The van der Waals surface area contributed by atoms with E-state index in [9.17, 15) is 23.5 Å². The lowest BCUT2D eigenvalue weighted by Crippen LogP contribution is -2.56. The minimum Gasteiger partial charge on any atom is -0.384 e. The van der Waals surface area contributed by atoms with E-state index in [4.69, 9.17) is 0 Å². The first-order valence-corrected chi connectivity index (χ1v) is 8.39. The van der Waals surface area contributed by atoms with Gasteiger partial charge in [0.15, 0.2) is 0 Å². The lowest BCUT2D eigenvalue weighted by molar-refractivity contribution is -0.193. The summed E-state index contributed by atoms with van der Waals surface area (Å²) in [4.78, 5) is 25.1. The van der Waals surface area contributed by atoms with Gasteiger partial charge in [-0.2, -0.15) is 0 Å². The van der Waals surface area contributed by atoms with Gasteiger partial charge in [-0.15, -0.1) is 0 Å². The Morgan fingerprint density at radius 3 is 2.52 bits per heavy atom. The number of piperidine rings is 1. The van der Waals surface area contributed by atoms with Gasteiger partial charge < -0.3 is 15.3 Å². The number of likely N-dealkylation sites (tertiary alicyclic amines) is 1. The molecule has 0 aromatic rings. The molecule has 0 spiro atoms. The van der Waals surface area contributed by atoms with Crippen LogP contribution in [0.3, 0.4) is 0 Å². The summed E-state index contributed by atoms with van der Waals surface area (Å²) in [5.74, 6) is -4.36. The molecule has 1 saturated carbocycles. The molecule has 1 atom stereocenters. The van der Waals surface area contributed by atoms with Gasteiger partial charge in [-0.05, 0) is 25.7 Å². The maximum absolute atomic E-state index is 14.3. The molecular formula is C16H26F2N2O3. The normalized spacial score (nSPS) is 25.0. The first kappa shape index (κ1) is 18.1. The number of nitrogens with zero attached hydrogens (tertiary/aromatic N) is 1. The summed E-state index contributed by atoms with van der Waals surface area (Å²) >= 11 is 0. The fraction of sp³-hybridized carbons (Fsp3) is 0.875. The average Bonchev–Trinajstić information content (AvgIpc) is 2.53. The van der Waals surface area contributed by atoms with Crippen molar-refractivity contribution in [1.82, 2.24) is 10.2 Å². The minimum absolute atomic E-state index is 0.0669. The smallest absolute Gasteiger partial charge is 0.293 e. The second-order valence-corrected chi connectivity index (χ2v) is 6.82. The molecule has 0 bridgehead atoms. The van der Waals surface area contributed by atoms with Crippen LogP contribution < -0.4 is 5.32 Å². The quantitative estimate of drug-likeness (QED) is 0.823. The molecule has 2 N–H and O–H groups in total. The van der Waals surface area contributed by atoms with E-state index in [1.54, 1.807) is 4.90 Å². The molecule has 1 unspecified atom stereocenters. The van der Waals surface area contributed by atoms with E-state index < -0.39 is 29.9 Å². The van der Waals surface area contributed by atoms with Crippen LogP contribution in [0.15, 0.2) is 0 Å². The standard InChI is InChI=1S/C16H26F2N2O3/c1-12(21)20-9-5-6-13(10-20)14(22)19-11-16(17,18)15(23)7-3-2-4-8-15/h13,23H,2-11H2,1H3,(H,19,22). The highest BCUT2D eigenvalue weighted by atomic mass is 19.3. The second kappa shape index (κ2) is 7.11. The summed E-state index contributed by atoms with van der Waals surface area (Å²) in [6.07, 6.45) is 3.43. The fourth-order valence-corrected chi connectivity index (χ4v) is 3.49. The number of halogens is 2. The molecule has 5 nitrogen and oxygen atoms in total. The van der Waals surface area contributed by atoms with Crippen molar-refractivity contribution < 1.29 is 23.5 Å². The Balaban J connectivity index is 1.88. The van der Waals surface area contributed by atoms with E-state index in [1.807, 2.05) is 0 Å². The van der Waals surface area contributed by atoms with E-state index >= 15 is 0 Å². The number of carbonyl (C=O) groups excluding carboxylic acids is 2. The van der Waals surface area contributed by atoms with Crippen molar-refractivity contribution in [2.75, 3.05) is 19.6 Å². The minimum atomic E-state index is -3.34. The second-order valence-electron chi connectivity index (χ2n) is 6.82. The third-order valence-electron chi connectivity index (χ3n) is 5.08. The van der Waals surface area contributed by atoms with E-state index in [2.05, 4.69) is 5.32 Å². The van der Waals surface area contributed by atoms with Gasteiger partial charge in [0, 0.05) is 20.0 Å².